The van der Waals surface area contributed by atoms with E-state index in [1.54, 1.807) is 4.90 Å². The van der Waals surface area contributed by atoms with E-state index < -0.39 is 9.84 Å². The van der Waals surface area contributed by atoms with Crippen LogP contribution in [0.2, 0.25) is 0 Å². The highest BCUT2D eigenvalue weighted by Crippen LogP contribution is 2.39. The molecule has 144 valence electrons. The second-order valence-electron chi connectivity index (χ2n) is 7.12. The van der Waals surface area contributed by atoms with Gasteiger partial charge in [-0.25, -0.2) is 8.42 Å². The highest BCUT2D eigenvalue weighted by atomic mass is 32.2. The zero-order valence-corrected chi connectivity index (χ0v) is 16.7. The molecule has 4 rings (SSSR count). The number of anilines is 1. The van der Waals surface area contributed by atoms with Gasteiger partial charge in [-0.05, 0) is 31.4 Å². The van der Waals surface area contributed by atoms with Crippen LogP contribution in [0.15, 0.2) is 35.5 Å². The molecule has 0 radical (unpaired) electrons. The summed E-state index contributed by atoms with van der Waals surface area (Å²) in [6, 6.07) is 8.98. The lowest BCUT2D eigenvalue weighted by molar-refractivity contribution is -0.116. The van der Waals surface area contributed by atoms with E-state index >= 15 is 0 Å². The van der Waals surface area contributed by atoms with Crippen LogP contribution < -0.4 is 4.90 Å². The summed E-state index contributed by atoms with van der Waals surface area (Å²) in [7, 11) is -1.15. The minimum Gasteiger partial charge on any atom is -0.309 e. The van der Waals surface area contributed by atoms with Gasteiger partial charge in [-0.3, -0.25) is 4.79 Å². The van der Waals surface area contributed by atoms with Crippen LogP contribution in [0.4, 0.5) is 5.69 Å². The molecule has 0 bridgehead atoms. The standard InChI is InChI=1S/C18H22N4O3S2/c1-21-17(13-7-8-13)19-20-18(21)26-11-16(23)22(14-5-3-2-4-6-14)15-9-10-27(24,25)12-15/h2-6,13,15H,7-12H2,1H3. The number of nitrogens with zero attached hydrogens (tertiary/aromatic N) is 4. The van der Waals surface area contributed by atoms with Gasteiger partial charge >= 0.3 is 0 Å². The van der Waals surface area contributed by atoms with E-state index in [9.17, 15) is 13.2 Å². The number of hydrogen-bond acceptors (Lipinski definition) is 6. The summed E-state index contributed by atoms with van der Waals surface area (Å²) < 4.78 is 25.8. The molecule has 1 amide bonds. The number of carbonyl (C=O) groups is 1. The molecule has 2 heterocycles. The van der Waals surface area contributed by atoms with Gasteiger partial charge in [-0.15, -0.1) is 10.2 Å². The van der Waals surface area contributed by atoms with Gasteiger partial charge in [-0.1, -0.05) is 30.0 Å². The molecule has 0 N–H and O–H groups in total. The Morgan fingerprint density at radius 2 is 1.96 bits per heavy atom. The topological polar surface area (TPSA) is 85.2 Å². The average Bonchev–Trinajstić information content (AvgIpc) is 3.33. The molecule has 1 aliphatic heterocycles. The quantitative estimate of drug-likeness (QED) is 0.682. The minimum absolute atomic E-state index is 0.0219. The zero-order valence-electron chi connectivity index (χ0n) is 15.1. The van der Waals surface area contributed by atoms with E-state index in [0.717, 1.165) is 29.5 Å². The molecule has 1 aromatic heterocycles. The second-order valence-corrected chi connectivity index (χ2v) is 10.3. The summed E-state index contributed by atoms with van der Waals surface area (Å²) in [5.41, 5.74) is 0.738. The Morgan fingerprint density at radius 1 is 1.22 bits per heavy atom. The number of hydrogen-bond donors (Lipinski definition) is 0. The smallest absolute Gasteiger partial charge is 0.237 e. The SMILES string of the molecule is Cn1c(SCC(=O)N(c2ccccc2)C2CCS(=O)(=O)C2)nnc1C1CC1. The molecule has 1 unspecified atom stereocenters. The third-order valence-corrected chi connectivity index (χ3v) is 7.77. The van der Waals surface area contributed by atoms with Gasteiger partial charge in [0.15, 0.2) is 15.0 Å². The zero-order chi connectivity index (χ0) is 19.0. The Hall–Kier alpha value is -1.87. The van der Waals surface area contributed by atoms with E-state index in [-0.39, 0.29) is 29.2 Å². The molecule has 1 saturated heterocycles. The van der Waals surface area contributed by atoms with Gasteiger partial charge < -0.3 is 9.47 Å². The maximum atomic E-state index is 13.0. The molecule has 2 fully saturated rings. The lowest BCUT2D eigenvalue weighted by atomic mass is 10.2. The molecular weight excluding hydrogens is 384 g/mol. The summed E-state index contributed by atoms with van der Waals surface area (Å²) in [5.74, 6) is 1.72. The number of sulfone groups is 1. The van der Waals surface area contributed by atoms with Crippen LogP contribution in [-0.2, 0) is 21.7 Å². The fraction of sp³-hybridized carbons (Fsp3) is 0.500. The predicted molar refractivity (Wildman–Crippen MR) is 105 cm³/mol. The molecule has 0 spiro atoms. The summed E-state index contributed by atoms with van der Waals surface area (Å²) in [6.45, 7) is 0. The molecule has 2 aliphatic rings. The van der Waals surface area contributed by atoms with Crippen molar-refractivity contribution < 1.29 is 13.2 Å². The minimum atomic E-state index is -3.08. The van der Waals surface area contributed by atoms with E-state index in [1.807, 2.05) is 41.9 Å². The third kappa shape index (κ3) is 4.03. The molecule has 2 aromatic rings. The first-order valence-corrected chi connectivity index (χ1v) is 11.8. The average molecular weight is 407 g/mol. The van der Waals surface area contributed by atoms with Gasteiger partial charge in [-0.2, -0.15) is 0 Å². The maximum absolute atomic E-state index is 13.0. The predicted octanol–water partition coefficient (Wildman–Crippen LogP) is 2.00. The van der Waals surface area contributed by atoms with E-state index in [2.05, 4.69) is 10.2 Å². The monoisotopic (exact) mass is 406 g/mol. The number of rotatable bonds is 6. The molecule has 7 nitrogen and oxygen atoms in total. The van der Waals surface area contributed by atoms with Crippen LogP contribution >= 0.6 is 11.8 Å². The molecule has 1 aromatic carbocycles. The van der Waals surface area contributed by atoms with Crippen molar-refractivity contribution in [1.82, 2.24) is 14.8 Å². The first-order chi connectivity index (χ1) is 12.9. The first kappa shape index (κ1) is 18.5. The van der Waals surface area contributed by atoms with Crippen molar-refractivity contribution in [2.75, 3.05) is 22.2 Å². The number of para-hydroxylation sites is 1. The highest BCUT2D eigenvalue weighted by Gasteiger charge is 2.35. The summed E-state index contributed by atoms with van der Waals surface area (Å²) in [6.07, 6.45) is 2.77. The Bertz CT molecular complexity index is 939. The number of carbonyl (C=O) groups excluding carboxylic acids is 1. The van der Waals surface area contributed by atoms with Crippen LogP contribution in [-0.4, -0.2) is 52.4 Å². The second kappa shape index (κ2) is 7.27. The molecule has 1 aliphatic carbocycles. The van der Waals surface area contributed by atoms with Gasteiger partial charge in [0.25, 0.3) is 0 Å². The van der Waals surface area contributed by atoms with Crippen LogP contribution in [0, 0.1) is 0 Å². The van der Waals surface area contributed by atoms with Crippen molar-refractivity contribution in [3.8, 4) is 0 Å². The van der Waals surface area contributed by atoms with Crippen LogP contribution in [0.5, 0.6) is 0 Å². The Kier molecular flexibility index (Phi) is 4.98. The molecular formula is C18H22N4O3S2. The Morgan fingerprint density at radius 3 is 2.59 bits per heavy atom. The number of thioether (sulfide) groups is 1. The van der Waals surface area contributed by atoms with Crippen molar-refractivity contribution in [2.24, 2.45) is 7.05 Å². The Labute approximate surface area is 163 Å². The molecule has 9 heteroatoms. The van der Waals surface area contributed by atoms with Crippen molar-refractivity contribution in [3.05, 3.63) is 36.2 Å². The fourth-order valence-electron chi connectivity index (χ4n) is 3.47. The van der Waals surface area contributed by atoms with Crippen molar-refractivity contribution in [1.29, 1.82) is 0 Å². The van der Waals surface area contributed by atoms with Gasteiger partial charge in [0.2, 0.25) is 5.91 Å². The summed E-state index contributed by atoms with van der Waals surface area (Å²) >= 11 is 1.35. The molecule has 1 atom stereocenters. The van der Waals surface area contributed by atoms with E-state index in [4.69, 9.17) is 0 Å². The lowest BCUT2D eigenvalue weighted by Gasteiger charge is -2.28. The largest absolute Gasteiger partial charge is 0.309 e. The van der Waals surface area contributed by atoms with Gasteiger partial charge in [0, 0.05) is 18.7 Å². The Balaban J connectivity index is 1.50. The van der Waals surface area contributed by atoms with Crippen LogP contribution in [0.1, 0.15) is 31.0 Å². The maximum Gasteiger partial charge on any atom is 0.237 e. The van der Waals surface area contributed by atoms with Gasteiger partial charge in [0.05, 0.1) is 23.3 Å². The highest BCUT2D eigenvalue weighted by molar-refractivity contribution is 7.99. The summed E-state index contributed by atoms with van der Waals surface area (Å²) in [4.78, 5) is 14.7. The van der Waals surface area contributed by atoms with Crippen molar-refractivity contribution >= 4 is 33.2 Å². The van der Waals surface area contributed by atoms with Crippen LogP contribution in [0.3, 0.4) is 0 Å². The fourth-order valence-corrected chi connectivity index (χ4v) is 5.95. The molecule has 27 heavy (non-hydrogen) atoms. The van der Waals surface area contributed by atoms with Crippen molar-refractivity contribution in [2.45, 2.75) is 36.4 Å². The first-order valence-electron chi connectivity index (χ1n) is 9.04. The van der Waals surface area contributed by atoms with Gasteiger partial charge in [0.1, 0.15) is 5.82 Å². The van der Waals surface area contributed by atoms with E-state index in [0.29, 0.717) is 12.3 Å². The number of amides is 1. The van der Waals surface area contributed by atoms with E-state index in [1.165, 1.54) is 11.8 Å². The van der Waals surface area contributed by atoms with Crippen LogP contribution in [0.25, 0.3) is 0 Å². The number of aromatic nitrogens is 3. The molecule has 1 saturated carbocycles. The third-order valence-electron chi connectivity index (χ3n) is 5.01. The number of benzene rings is 1. The summed E-state index contributed by atoms with van der Waals surface area (Å²) in [5, 5.41) is 9.17. The van der Waals surface area contributed by atoms with Crippen molar-refractivity contribution in [3.63, 3.8) is 0 Å². The lowest BCUT2D eigenvalue weighted by Crippen LogP contribution is -2.42. The normalized spacial score (nSPS) is 21.3.